The lowest BCUT2D eigenvalue weighted by Crippen LogP contribution is -2.43. The number of hydrogen-bond donors (Lipinski definition) is 1. The molecule has 1 aromatic heterocycles. The van der Waals surface area contributed by atoms with Crippen LogP contribution in [0.2, 0.25) is 0 Å². The van der Waals surface area contributed by atoms with E-state index in [-0.39, 0.29) is 22.6 Å². The minimum absolute atomic E-state index is 0.00117. The number of anilines is 2. The predicted octanol–water partition coefficient (Wildman–Crippen LogP) is 2.87. The number of fused-ring (bicyclic) bond motifs is 1. The Morgan fingerprint density at radius 2 is 1.87 bits per heavy atom. The second-order valence-electron chi connectivity index (χ2n) is 9.62. The third-order valence-corrected chi connectivity index (χ3v) is 7.99. The maximum Gasteiger partial charge on any atom is 0.234 e. The average Bonchev–Trinajstić information content (AvgIpc) is 3.34. The Morgan fingerprint density at radius 3 is 2.58 bits per heavy atom. The van der Waals surface area contributed by atoms with Crippen LogP contribution >= 0.6 is 0 Å². The van der Waals surface area contributed by atoms with E-state index in [0.717, 1.165) is 49.4 Å². The summed E-state index contributed by atoms with van der Waals surface area (Å²) < 4.78 is 44.6. The van der Waals surface area contributed by atoms with Crippen LogP contribution in [0.15, 0.2) is 59.8 Å². The number of nitrogens with zero attached hydrogens (tertiary/aromatic N) is 4. The second-order valence-corrected chi connectivity index (χ2v) is 11.6. The van der Waals surface area contributed by atoms with Crippen molar-refractivity contribution in [3.05, 3.63) is 71.8 Å². The summed E-state index contributed by atoms with van der Waals surface area (Å²) in [4.78, 5) is 24.9. The molecule has 1 amide bonds. The number of amides is 1. The number of piperidine rings is 1. The molecule has 0 aliphatic carbocycles. The Bertz CT molecular complexity index is 1410. The molecule has 5 rings (SSSR count). The van der Waals surface area contributed by atoms with Crippen LogP contribution in [0, 0.1) is 5.82 Å². The second kappa shape index (κ2) is 11.0. The number of carbonyl (C=O) groups is 1. The number of likely N-dealkylation sites (tertiary alicyclic amines) is 1. The van der Waals surface area contributed by atoms with Crippen LogP contribution in [-0.4, -0.2) is 67.7 Å². The zero-order valence-electron chi connectivity index (χ0n) is 21.1. The van der Waals surface area contributed by atoms with Crippen LogP contribution < -0.4 is 15.0 Å². The Hall–Kier alpha value is -3.57. The molecule has 2 aliphatic heterocycles. The Labute approximate surface area is 221 Å². The molecule has 1 fully saturated rings. The molecule has 0 atom stereocenters. The molecule has 200 valence electrons. The number of carbonyl (C=O) groups excluding carboxylic acids is 1. The molecule has 11 heteroatoms. The molecule has 3 aromatic rings. The van der Waals surface area contributed by atoms with E-state index < -0.39 is 15.7 Å². The molecular weight excluding hydrogens is 509 g/mol. The third-order valence-electron chi connectivity index (χ3n) is 6.87. The summed E-state index contributed by atoms with van der Waals surface area (Å²) in [5, 5.41) is 2.97. The van der Waals surface area contributed by atoms with Crippen LogP contribution in [0.5, 0.6) is 5.88 Å². The van der Waals surface area contributed by atoms with E-state index in [4.69, 9.17) is 4.74 Å². The van der Waals surface area contributed by atoms with Crippen molar-refractivity contribution in [2.45, 2.75) is 36.8 Å². The zero-order valence-corrected chi connectivity index (χ0v) is 22.0. The monoisotopic (exact) mass is 539 g/mol. The highest BCUT2D eigenvalue weighted by atomic mass is 32.2. The predicted molar refractivity (Wildman–Crippen MR) is 141 cm³/mol. The van der Waals surface area contributed by atoms with Crippen LogP contribution in [0.3, 0.4) is 0 Å². The summed E-state index contributed by atoms with van der Waals surface area (Å²) in [6.07, 6.45) is 4.51. The van der Waals surface area contributed by atoms with Crippen molar-refractivity contribution in [3.63, 3.8) is 0 Å². The molecule has 0 unspecified atom stereocenters. The highest BCUT2D eigenvalue weighted by Crippen LogP contribution is 2.38. The van der Waals surface area contributed by atoms with E-state index in [1.165, 1.54) is 18.5 Å². The molecule has 1 saturated heterocycles. The molecular formula is C27H30FN5O4S. The van der Waals surface area contributed by atoms with Crippen LogP contribution in [0.1, 0.15) is 24.0 Å². The smallest absolute Gasteiger partial charge is 0.234 e. The lowest BCUT2D eigenvalue weighted by Gasteiger charge is -2.31. The van der Waals surface area contributed by atoms with Crippen molar-refractivity contribution in [2.24, 2.45) is 0 Å². The first-order valence-corrected chi connectivity index (χ1v) is 14.5. The first kappa shape index (κ1) is 26.1. The molecule has 2 aliphatic rings. The first-order chi connectivity index (χ1) is 18.3. The van der Waals surface area contributed by atoms with Gasteiger partial charge in [-0.1, -0.05) is 30.3 Å². The van der Waals surface area contributed by atoms with Gasteiger partial charge in [-0.15, -0.1) is 0 Å². The zero-order chi connectivity index (χ0) is 26.7. The number of halogens is 1. The van der Waals surface area contributed by atoms with Gasteiger partial charge in [-0.25, -0.2) is 22.8 Å². The Morgan fingerprint density at radius 1 is 1.11 bits per heavy atom. The van der Waals surface area contributed by atoms with E-state index in [1.807, 2.05) is 30.3 Å². The maximum atomic E-state index is 14.8. The standard InChI is InChI=1S/C27H30FN5O4S/c1-38(35,36)21-7-8-24(23(28)15-21)33-14-11-22-26(33)30-18-31-27(22)37-20-9-12-32(13-10-20)17-25(34)29-16-19-5-3-2-4-6-19/h2-8,15,18,20H,9-14,16-17H2,1H3,(H,29,34). The topological polar surface area (TPSA) is 105 Å². The van der Waals surface area contributed by atoms with Gasteiger partial charge in [-0.2, -0.15) is 0 Å². The summed E-state index contributed by atoms with van der Waals surface area (Å²) in [7, 11) is -3.50. The van der Waals surface area contributed by atoms with Gasteiger partial charge in [-0.05, 0) is 43.0 Å². The Kier molecular flexibility index (Phi) is 7.57. The van der Waals surface area contributed by atoms with Crippen molar-refractivity contribution in [3.8, 4) is 5.88 Å². The number of benzene rings is 2. The fourth-order valence-corrected chi connectivity index (χ4v) is 5.47. The number of hydrogen-bond acceptors (Lipinski definition) is 8. The van der Waals surface area contributed by atoms with Crippen molar-refractivity contribution >= 4 is 27.2 Å². The van der Waals surface area contributed by atoms with Gasteiger partial charge < -0.3 is 15.0 Å². The molecule has 0 radical (unpaired) electrons. The average molecular weight is 540 g/mol. The van der Waals surface area contributed by atoms with Gasteiger partial charge in [0.25, 0.3) is 0 Å². The Balaban J connectivity index is 1.17. The maximum absolute atomic E-state index is 14.8. The van der Waals surface area contributed by atoms with Gasteiger partial charge in [0.1, 0.15) is 24.1 Å². The van der Waals surface area contributed by atoms with E-state index >= 15 is 0 Å². The highest BCUT2D eigenvalue weighted by Gasteiger charge is 2.30. The number of sulfone groups is 1. The van der Waals surface area contributed by atoms with E-state index in [2.05, 4.69) is 20.2 Å². The van der Waals surface area contributed by atoms with Crippen LogP contribution in [0.4, 0.5) is 15.9 Å². The van der Waals surface area contributed by atoms with E-state index in [0.29, 0.717) is 37.8 Å². The minimum Gasteiger partial charge on any atom is -0.474 e. The van der Waals surface area contributed by atoms with Gasteiger partial charge in [0.2, 0.25) is 11.8 Å². The lowest BCUT2D eigenvalue weighted by atomic mass is 10.1. The molecule has 0 saturated carbocycles. The number of nitrogens with one attached hydrogen (secondary N) is 1. The summed E-state index contributed by atoms with van der Waals surface area (Å²) >= 11 is 0. The summed E-state index contributed by atoms with van der Waals surface area (Å²) in [6.45, 7) is 2.82. The van der Waals surface area contributed by atoms with Gasteiger partial charge >= 0.3 is 0 Å². The summed E-state index contributed by atoms with van der Waals surface area (Å²) in [5.41, 5.74) is 2.14. The van der Waals surface area contributed by atoms with Crippen molar-refractivity contribution in [2.75, 3.05) is 37.3 Å². The lowest BCUT2D eigenvalue weighted by molar-refractivity contribution is -0.122. The van der Waals surface area contributed by atoms with Gasteiger partial charge in [0.15, 0.2) is 9.84 Å². The number of aromatic nitrogens is 2. The number of rotatable bonds is 8. The number of ether oxygens (including phenoxy) is 1. The minimum atomic E-state index is -3.50. The third kappa shape index (κ3) is 5.94. The normalized spacial score (nSPS) is 16.3. The highest BCUT2D eigenvalue weighted by molar-refractivity contribution is 7.90. The summed E-state index contributed by atoms with van der Waals surface area (Å²) in [6, 6.07) is 13.7. The van der Waals surface area contributed by atoms with Crippen LogP contribution in [0.25, 0.3) is 0 Å². The molecule has 38 heavy (non-hydrogen) atoms. The molecule has 1 N–H and O–H groups in total. The van der Waals surface area contributed by atoms with Gasteiger partial charge in [-0.3, -0.25) is 9.69 Å². The van der Waals surface area contributed by atoms with E-state index in [1.54, 1.807) is 4.90 Å². The quantitative estimate of drug-likeness (QED) is 0.466. The van der Waals surface area contributed by atoms with Gasteiger partial charge in [0.05, 0.1) is 22.7 Å². The molecule has 0 bridgehead atoms. The molecule has 0 spiro atoms. The van der Waals surface area contributed by atoms with Crippen molar-refractivity contribution < 1.29 is 22.3 Å². The molecule has 2 aromatic carbocycles. The molecule has 9 nitrogen and oxygen atoms in total. The van der Waals surface area contributed by atoms with E-state index in [9.17, 15) is 17.6 Å². The molecule has 3 heterocycles. The van der Waals surface area contributed by atoms with Crippen LogP contribution in [-0.2, 0) is 27.6 Å². The van der Waals surface area contributed by atoms with Crippen molar-refractivity contribution in [1.29, 1.82) is 0 Å². The first-order valence-electron chi connectivity index (χ1n) is 12.6. The largest absolute Gasteiger partial charge is 0.474 e. The van der Waals surface area contributed by atoms with Gasteiger partial charge in [0, 0.05) is 32.4 Å². The summed E-state index contributed by atoms with van der Waals surface area (Å²) in [5.74, 6) is 0.430. The van der Waals surface area contributed by atoms with Crippen molar-refractivity contribution in [1.82, 2.24) is 20.2 Å². The SMILES string of the molecule is CS(=O)(=O)c1ccc(N2CCc3c(OC4CCN(CC(=O)NCc5ccccc5)CC4)ncnc32)c(F)c1. The fraction of sp³-hybridized carbons (Fsp3) is 0.370. The fourth-order valence-electron chi connectivity index (χ4n) is 4.84.